The first-order valence-corrected chi connectivity index (χ1v) is 5.78. The topological polar surface area (TPSA) is 72.8 Å². The Labute approximate surface area is 106 Å². The van der Waals surface area contributed by atoms with Crippen molar-refractivity contribution in [2.45, 2.75) is 32.1 Å². The number of aryl methyl sites for hydroxylation is 1. The minimum atomic E-state index is -0.581. The van der Waals surface area contributed by atoms with Crippen molar-refractivity contribution in [3.05, 3.63) is 28.5 Å². The van der Waals surface area contributed by atoms with E-state index >= 15 is 0 Å². The zero-order valence-electron chi connectivity index (χ0n) is 10.7. The van der Waals surface area contributed by atoms with Crippen molar-refractivity contribution in [3.8, 4) is 5.75 Å². The van der Waals surface area contributed by atoms with Gasteiger partial charge in [0.15, 0.2) is 0 Å². The monoisotopic (exact) mass is 250 g/mol. The second-order valence-electron chi connectivity index (χ2n) is 5.00. The molecule has 98 valence electrons. The number of methoxy groups -OCH3 is 1. The molecule has 0 unspecified atom stereocenters. The fourth-order valence-electron chi connectivity index (χ4n) is 2.42. The Morgan fingerprint density at radius 1 is 1.39 bits per heavy atom. The van der Waals surface area contributed by atoms with Crippen LogP contribution in [0.2, 0.25) is 0 Å². The van der Waals surface area contributed by atoms with E-state index in [0.29, 0.717) is 12.8 Å². The largest absolute Gasteiger partial charge is 0.733 e. The molecule has 0 heterocycles. The second kappa shape index (κ2) is 4.26. The molecule has 0 saturated carbocycles. The molecule has 1 aromatic carbocycles. The summed E-state index contributed by atoms with van der Waals surface area (Å²) in [5, 5.41) is 19.9. The second-order valence-corrected chi connectivity index (χ2v) is 5.00. The molecule has 1 aromatic rings. The van der Waals surface area contributed by atoms with E-state index in [-0.39, 0.29) is 22.4 Å². The van der Waals surface area contributed by atoms with Crippen LogP contribution in [0.25, 0.3) is 0 Å². The number of fused-ring (bicyclic) bond motifs is 1. The lowest BCUT2D eigenvalue weighted by atomic mass is 9.71. The molecule has 5 heteroatoms. The van der Waals surface area contributed by atoms with Gasteiger partial charge in [0.2, 0.25) is 0 Å². The van der Waals surface area contributed by atoms with Gasteiger partial charge in [-0.25, -0.2) is 0 Å². The van der Waals surface area contributed by atoms with Gasteiger partial charge in [0.25, 0.3) is 0 Å². The summed E-state index contributed by atoms with van der Waals surface area (Å²) in [6.45, 7) is 3.72. The molecule has 0 atom stereocenters. The Kier molecular flexibility index (Phi) is 3.04. The molecule has 1 aliphatic rings. The maximum Gasteiger partial charge on any atom is 0.143 e. The van der Waals surface area contributed by atoms with Gasteiger partial charge < -0.3 is 15.2 Å². The van der Waals surface area contributed by atoms with Crippen molar-refractivity contribution in [2.75, 3.05) is 12.3 Å². The summed E-state index contributed by atoms with van der Waals surface area (Å²) in [5.74, 6) is 0.446. The summed E-state index contributed by atoms with van der Waals surface area (Å²) in [6, 6.07) is 3.26. The SMILES string of the molecule is COc1cc2c(cc1N([O-])O)CCC(=O)C2(C)C. The highest BCUT2D eigenvalue weighted by atomic mass is 16.8. The highest BCUT2D eigenvalue weighted by Crippen LogP contribution is 2.40. The van der Waals surface area contributed by atoms with Crippen molar-refractivity contribution in [1.29, 1.82) is 0 Å². The number of hydrogen-bond acceptors (Lipinski definition) is 5. The van der Waals surface area contributed by atoms with Crippen molar-refractivity contribution in [2.24, 2.45) is 0 Å². The summed E-state index contributed by atoms with van der Waals surface area (Å²) in [5.41, 5.74) is 1.26. The predicted octanol–water partition coefficient (Wildman–Crippen LogP) is 2.18. The van der Waals surface area contributed by atoms with E-state index in [1.54, 1.807) is 12.1 Å². The van der Waals surface area contributed by atoms with Gasteiger partial charge in [-0.2, -0.15) is 0 Å². The fraction of sp³-hybridized carbons (Fsp3) is 0.462. The first-order chi connectivity index (χ1) is 8.37. The van der Waals surface area contributed by atoms with Crippen molar-refractivity contribution in [3.63, 3.8) is 0 Å². The number of ketones is 1. The van der Waals surface area contributed by atoms with Crippen LogP contribution in [0.15, 0.2) is 12.1 Å². The van der Waals surface area contributed by atoms with E-state index < -0.39 is 5.41 Å². The molecule has 1 N–H and O–H groups in total. The van der Waals surface area contributed by atoms with Crippen LogP contribution in [0, 0.1) is 5.21 Å². The lowest BCUT2D eigenvalue weighted by Gasteiger charge is -2.33. The Morgan fingerprint density at radius 3 is 2.61 bits per heavy atom. The summed E-state index contributed by atoms with van der Waals surface area (Å²) < 4.78 is 5.09. The molecule has 0 aliphatic heterocycles. The first-order valence-electron chi connectivity index (χ1n) is 5.78. The lowest BCUT2D eigenvalue weighted by Crippen LogP contribution is -2.34. The van der Waals surface area contributed by atoms with Crippen molar-refractivity contribution >= 4 is 11.5 Å². The van der Waals surface area contributed by atoms with Gasteiger partial charge in [0.05, 0.1) is 12.8 Å². The maximum absolute atomic E-state index is 11.9. The van der Waals surface area contributed by atoms with E-state index in [1.165, 1.54) is 7.11 Å². The molecule has 0 aromatic heterocycles. The average Bonchev–Trinajstić information content (AvgIpc) is 2.33. The molecule has 5 nitrogen and oxygen atoms in total. The zero-order valence-corrected chi connectivity index (χ0v) is 10.7. The summed E-state index contributed by atoms with van der Waals surface area (Å²) in [6.07, 6.45) is 1.04. The van der Waals surface area contributed by atoms with Crippen LogP contribution >= 0.6 is 0 Å². The summed E-state index contributed by atoms with van der Waals surface area (Å²) >= 11 is 0. The van der Waals surface area contributed by atoms with Gasteiger partial charge in [0, 0.05) is 11.8 Å². The van der Waals surface area contributed by atoms with Gasteiger partial charge >= 0.3 is 0 Å². The van der Waals surface area contributed by atoms with E-state index in [1.807, 2.05) is 13.8 Å². The van der Waals surface area contributed by atoms with Gasteiger partial charge in [-0.3, -0.25) is 10.0 Å². The van der Waals surface area contributed by atoms with E-state index in [9.17, 15) is 10.0 Å². The number of rotatable bonds is 2. The number of benzene rings is 1. The van der Waals surface area contributed by atoms with Crippen LogP contribution in [0.5, 0.6) is 5.75 Å². The van der Waals surface area contributed by atoms with Crippen LogP contribution in [-0.4, -0.2) is 18.1 Å². The minimum Gasteiger partial charge on any atom is -0.733 e. The lowest BCUT2D eigenvalue weighted by molar-refractivity contribution is -0.124. The van der Waals surface area contributed by atoms with Gasteiger partial charge in [-0.1, -0.05) is 0 Å². The predicted molar refractivity (Wildman–Crippen MR) is 67.0 cm³/mol. The third-order valence-electron chi connectivity index (χ3n) is 3.60. The zero-order chi connectivity index (χ0) is 13.5. The molecule has 1 aliphatic carbocycles. The summed E-state index contributed by atoms with van der Waals surface area (Å²) in [4.78, 5) is 11.9. The number of anilines is 1. The molecular formula is C13H16NO4-. The first kappa shape index (κ1) is 12.9. The van der Waals surface area contributed by atoms with Gasteiger partial charge in [-0.05, 0) is 43.5 Å². The quantitative estimate of drug-likeness (QED) is 0.814. The number of carbonyl (C=O) groups excluding carboxylic acids is 1. The van der Waals surface area contributed by atoms with Gasteiger partial charge in [0.1, 0.15) is 11.5 Å². The van der Waals surface area contributed by atoms with Crippen LogP contribution in [0.3, 0.4) is 0 Å². The van der Waals surface area contributed by atoms with Crippen LogP contribution < -0.4 is 9.96 Å². The molecule has 2 rings (SSSR count). The van der Waals surface area contributed by atoms with Crippen LogP contribution in [-0.2, 0) is 16.6 Å². The minimum absolute atomic E-state index is 0.0707. The normalized spacial score (nSPS) is 17.3. The summed E-state index contributed by atoms with van der Waals surface area (Å²) in [7, 11) is 1.42. The molecule has 0 saturated heterocycles. The third-order valence-corrected chi connectivity index (χ3v) is 3.60. The Morgan fingerprint density at radius 2 is 2.06 bits per heavy atom. The van der Waals surface area contributed by atoms with Gasteiger partial charge in [-0.15, -0.1) is 0 Å². The standard InChI is InChI=1S/C13H16NO4/c1-13(2)9-7-11(18-3)10(14(16)17)6-8(9)4-5-12(13)15/h6-7,16H,4-5H2,1-3H3/q-1. The molecule has 0 fully saturated rings. The van der Waals surface area contributed by atoms with E-state index in [4.69, 9.17) is 9.94 Å². The molecule has 0 spiro atoms. The Bertz CT molecular complexity index is 494. The molecule has 0 bridgehead atoms. The maximum atomic E-state index is 11.9. The average molecular weight is 250 g/mol. The number of nitrogens with zero attached hydrogens (tertiary/aromatic N) is 1. The highest BCUT2D eigenvalue weighted by molar-refractivity contribution is 5.92. The molecule has 0 radical (unpaired) electrons. The van der Waals surface area contributed by atoms with Crippen LogP contribution in [0.4, 0.5) is 5.69 Å². The highest BCUT2D eigenvalue weighted by Gasteiger charge is 2.35. The number of Topliss-reactive ketones (excluding diaryl/α,β-unsaturated/α-hetero) is 1. The number of ether oxygens (including phenoxy) is 1. The Hall–Kier alpha value is -1.59. The molecule has 0 amide bonds. The van der Waals surface area contributed by atoms with Crippen molar-refractivity contribution in [1.82, 2.24) is 0 Å². The van der Waals surface area contributed by atoms with Crippen LogP contribution in [0.1, 0.15) is 31.4 Å². The number of carbonyl (C=O) groups is 1. The molecule has 18 heavy (non-hydrogen) atoms. The van der Waals surface area contributed by atoms with E-state index in [0.717, 1.165) is 11.1 Å². The smallest absolute Gasteiger partial charge is 0.143 e. The third kappa shape index (κ3) is 1.85. The fourth-order valence-corrected chi connectivity index (χ4v) is 2.42. The number of hydrogen-bond donors (Lipinski definition) is 1. The van der Waals surface area contributed by atoms with E-state index in [2.05, 4.69) is 0 Å². The molecular weight excluding hydrogens is 234 g/mol. The Balaban J connectivity index is 2.62. The van der Waals surface area contributed by atoms with Crippen molar-refractivity contribution < 1.29 is 14.7 Å².